The Kier molecular flexibility index (Phi) is 2.91. The number of halogens is 2. The molecule has 2 heterocycles. The zero-order chi connectivity index (χ0) is 10.8. The lowest BCUT2D eigenvalue weighted by molar-refractivity contribution is 0.475. The van der Waals surface area contributed by atoms with Crippen LogP contribution in [0.25, 0.3) is 5.65 Å². The average Bonchev–Trinajstić information content (AvgIpc) is 2.57. The van der Waals surface area contributed by atoms with E-state index in [9.17, 15) is 4.39 Å². The van der Waals surface area contributed by atoms with Crippen molar-refractivity contribution in [3.05, 3.63) is 28.7 Å². The Labute approximate surface area is 92.5 Å². The maximum Gasteiger partial charge on any atom is 0.154 e. The van der Waals surface area contributed by atoms with Gasteiger partial charge < -0.3 is 0 Å². The van der Waals surface area contributed by atoms with E-state index < -0.39 is 6.67 Å². The van der Waals surface area contributed by atoms with Crippen molar-refractivity contribution < 1.29 is 4.39 Å². The third-order valence-corrected chi connectivity index (χ3v) is 2.35. The van der Waals surface area contributed by atoms with E-state index in [1.165, 1.54) is 0 Å². The van der Waals surface area contributed by atoms with Gasteiger partial charge in [0.2, 0.25) is 0 Å². The first kappa shape index (κ1) is 10.4. The molecule has 2 rings (SSSR count). The first-order chi connectivity index (χ1) is 7.26. The van der Waals surface area contributed by atoms with Gasteiger partial charge >= 0.3 is 0 Å². The summed E-state index contributed by atoms with van der Waals surface area (Å²) in [7, 11) is 1.94. The molecule has 0 spiro atoms. The lowest BCUT2D eigenvalue weighted by atomic mass is 9.76. The predicted molar refractivity (Wildman–Crippen MR) is 58.1 cm³/mol. The summed E-state index contributed by atoms with van der Waals surface area (Å²) in [5.74, 6) is 0. The maximum absolute atomic E-state index is 12.7. The molecule has 0 aromatic carbocycles. The highest BCUT2D eigenvalue weighted by Gasteiger charge is 2.12. The Hall–Kier alpha value is -1.10. The molecular weight excluding hydrogens is 215 g/mol. The molecule has 2 aromatic rings. The van der Waals surface area contributed by atoms with Crippen LogP contribution in [0.2, 0.25) is 12.0 Å². The monoisotopic (exact) mass is 224 g/mol. The van der Waals surface area contributed by atoms with Crippen LogP contribution in [0.4, 0.5) is 4.39 Å². The van der Waals surface area contributed by atoms with Crippen LogP contribution < -0.4 is 0 Å². The minimum Gasteiger partial charge on any atom is -0.244 e. The number of imidazole rings is 1. The molecule has 77 valence electrons. The molecular formula is C9H9BClFN3. The maximum atomic E-state index is 12.7. The summed E-state index contributed by atoms with van der Waals surface area (Å²) in [6, 6.07) is 3.37. The lowest BCUT2D eigenvalue weighted by Gasteiger charge is -1.99. The molecule has 0 unspecified atom stereocenters. The van der Waals surface area contributed by atoms with Crippen LogP contribution in [0, 0.1) is 0 Å². The number of aromatic nitrogens is 3. The van der Waals surface area contributed by atoms with Gasteiger partial charge in [0.15, 0.2) is 5.65 Å². The van der Waals surface area contributed by atoms with Gasteiger partial charge in [-0.15, -0.1) is 0 Å². The van der Waals surface area contributed by atoms with Gasteiger partial charge in [-0.2, -0.15) is 5.10 Å². The molecule has 0 atom stereocenters. The molecule has 1 radical (unpaired) electrons. The van der Waals surface area contributed by atoms with Crippen LogP contribution in [0.1, 0.15) is 11.4 Å². The van der Waals surface area contributed by atoms with Crippen molar-refractivity contribution in [2.75, 3.05) is 0 Å². The second-order valence-corrected chi connectivity index (χ2v) is 3.56. The fourth-order valence-corrected chi connectivity index (χ4v) is 1.65. The van der Waals surface area contributed by atoms with Crippen LogP contribution in [0.15, 0.2) is 12.1 Å². The summed E-state index contributed by atoms with van der Waals surface area (Å²) >= 11 is 5.78. The molecule has 0 aliphatic carbocycles. The standard InChI is InChI=1S/C9H9BClFN3/c1-10-4-7-6(5-12)13-9-3-2-8(11)14-15(7)9/h2-3H,4-5H2,1H3. The van der Waals surface area contributed by atoms with E-state index in [4.69, 9.17) is 11.6 Å². The first-order valence-corrected chi connectivity index (χ1v) is 5.01. The largest absolute Gasteiger partial charge is 0.244 e. The number of fused-ring (bicyclic) bond motifs is 1. The van der Waals surface area contributed by atoms with Gasteiger partial charge in [-0.25, -0.2) is 13.9 Å². The van der Waals surface area contributed by atoms with Gasteiger partial charge in [-0.05, 0) is 18.5 Å². The lowest BCUT2D eigenvalue weighted by Crippen LogP contribution is -2.02. The third kappa shape index (κ3) is 1.84. The molecule has 0 fully saturated rings. The molecule has 0 bridgehead atoms. The molecule has 3 nitrogen and oxygen atoms in total. The zero-order valence-electron chi connectivity index (χ0n) is 8.24. The molecule has 0 saturated heterocycles. The van der Waals surface area contributed by atoms with Gasteiger partial charge in [0.05, 0.1) is 11.4 Å². The molecule has 15 heavy (non-hydrogen) atoms. The van der Waals surface area contributed by atoms with Gasteiger partial charge in [0.1, 0.15) is 19.1 Å². The fourth-order valence-electron chi connectivity index (χ4n) is 1.51. The number of hydrogen-bond acceptors (Lipinski definition) is 2. The third-order valence-electron chi connectivity index (χ3n) is 2.14. The van der Waals surface area contributed by atoms with Crippen molar-refractivity contribution in [3.63, 3.8) is 0 Å². The van der Waals surface area contributed by atoms with Gasteiger partial charge in [0, 0.05) is 0 Å². The van der Waals surface area contributed by atoms with Gasteiger partial charge in [-0.3, -0.25) is 0 Å². The van der Waals surface area contributed by atoms with Crippen molar-refractivity contribution in [3.8, 4) is 0 Å². The fraction of sp³-hybridized carbons (Fsp3) is 0.333. The van der Waals surface area contributed by atoms with E-state index in [-0.39, 0.29) is 0 Å². The minimum absolute atomic E-state index is 0.377. The van der Waals surface area contributed by atoms with Crippen LogP contribution in [0.5, 0.6) is 0 Å². The Balaban J connectivity index is 2.65. The van der Waals surface area contributed by atoms with Crippen LogP contribution >= 0.6 is 11.6 Å². The van der Waals surface area contributed by atoms with Crippen LogP contribution in [-0.2, 0) is 13.0 Å². The summed E-state index contributed by atoms with van der Waals surface area (Å²) in [6.45, 7) is 1.33. The zero-order valence-corrected chi connectivity index (χ0v) is 9.00. The molecule has 0 aliphatic heterocycles. The molecule has 2 aromatic heterocycles. The van der Waals surface area contributed by atoms with Gasteiger partial charge in [0.25, 0.3) is 0 Å². The van der Waals surface area contributed by atoms with Gasteiger partial charge in [-0.1, -0.05) is 18.4 Å². The second kappa shape index (κ2) is 4.19. The van der Waals surface area contributed by atoms with Crippen molar-refractivity contribution in [1.82, 2.24) is 14.6 Å². The van der Waals surface area contributed by atoms with Crippen molar-refractivity contribution in [1.29, 1.82) is 0 Å². The molecule has 0 amide bonds. The summed E-state index contributed by atoms with van der Waals surface area (Å²) < 4.78 is 14.3. The highest BCUT2D eigenvalue weighted by atomic mass is 35.5. The first-order valence-electron chi connectivity index (χ1n) is 4.63. The number of rotatable bonds is 3. The second-order valence-electron chi connectivity index (χ2n) is 3.18. The van der Waals surface area contributed by atoms with Crippen LogP contribution in [0.3, 0.4) is 0 Å². The summed E-state index contributed by atoms with van der Waals surface area (Å²) in [6.07, 6.45) is 0.633. The summed E-state index contributed by atoms with van der Waals surface area (Å²) in [5, 5.41) is 4.47. The van der Waals surface area contributed by atoms with Crippen molar-refractivity contribution in [2.24, 2.45) is 0 Å². The Morgan fingerprint density at radius 3 is 3.00 bits per heavy atom. The SMILES string of the molecule is C[B]Cc1c(CF)nc2ccc(Cl)nn12. The van der Waals surface area contributed by atoms with E-state index in [1.807, 2.05) is 14.1 Å². The predicted octanol–water partition coefficient (Wildman–Crippen LogP) is 2.10. The van der Waals surface area contributed by atoms with E-state index in [0.717, 1.165) is 5.69 Å². The van der Waals surface area contributed by atoms with Crippen LogP contribution in [-0.4, -0.2) is 21.9 Å². The molecule has 0 saturated carbocycles. The molecule has 0 aliphatic rings. The normalized spacial score (nSPS) is 10.9. The summed E-state index contributed by atoms with van der Waals surface area (Å²) in [5.41, 5.74) is 1.82. The van der Waals surface area contributed by atoms with E-state index in [0.29, 0.717) is 22.8 Å². The number of hydrogen-bond donors (Lipinski definition) is 0. The van der Waals surface area contributed by atoms with E-state index in [1.54, 1.807) is 16.6 Å². The Morgan fingerprint density at radius 1 is 1.53 bits per heavy atom. The highest BCUT2D eigenvalue weighted by Crippen LogP contribution is 2.15. The number of alkyl halides is 1. The van der Waals surface area contributed by atoms with Crippen molar-refractivity contribution in [2.45, 2.75) is 19.8 Å². The summed E-state index contributed by atoms with van der Waals surface area (Å²) in [4.78, 5) is 4.14. The average molecular weight is 224 g/mol. The quantitative estimate of drug-likeness (QED) is 0.748. The Morgan fingerprint density at radius 2 is 2.33 bits per heavy atom. The topological polar surface area (TPSA) is 30.2 Å². The Bertz CT molecular complexity index is 485. The van der Waals surface area contributed by atoms with E-state index >= 15 is 0 Å². The molecule has 0 N–H and O–H groups in total. The van der Waals surface area contributed by atoms with E-state index in [2.05, 4.69) is 10.1 Å². The van der Waals surface area contributed by atoms with Crippen molar-refractivity contribution >= 4 is 24.5 Å². The smallest absolute Gasteiger partial charge is 0.154 e. The molecule has 6 heteroatoms. The highest BCUT2D eigenvalue weighted by molar-refractivity contribution is 6.32. The number of nitrogens with zero attached hydrogens (tertiary/aromatic N) is 3. The minimum atomic E-state index is -0.579.